The summed E-state index contributed by atoms with van der Waals surface area (Å²) in [6, 6.07) is 1.80. The highest BCUT2D eigenvalue weighted by atomic mass is 16.2. The van der Waals surface area contributed by atoms with Crippen LogP contribution < -0.4 is 15.8 Å². The van der Waals surface area contributed by atoms with Gasteiger partial charge in [-0.05, 0) is 43.9 Å². The van der Waals surface area contributed by atoms with Crippen molar-refractivity contribution in [1.82, 2.24) is 20.2 Å². The highest BCUT2D eigenvalue weighted by Gasteiger charge is 2.49. The molecular formula is C21H29N5O3. The zero-order chi connectivity index (χ0) is 20.0. The van der Waals surface area contributed by atoms with Crippen LogP contribution in [0.1, 0.15) is 44.9 Å². The number of aromatic nitrogens is 2. The highest BCUT2D eigenvalue weighted by molar-refractivity contribution is 5.80. The lowest BCUT2D eigenvalue weighted by atomic mass is 9.72. The minimum Gasteiger partial charge on any atom is -0.356 e. The summed E-state index contributed by atoms with van der Waals surface area (Å²) in [5, 5.41) is 3.15. The van der Waals surface area contributed by atoms with Gasteiger partial charge in [-0.15, -0.1) is 0 Å². The van der Waals surface area contributed by atoms with Crippen LogP contribution in [0.4, 0.5) is 5.82 Å². The van der Waals surface area contributed by atoms with E-state index in [2.05, 4.69) is 25.1 Å². The lowest BCUT2D eigenvalue weighted by Gasteiger charge is -2.56. The van der Waals surface area contributed by atoms with Crippen molar-refractivity contribution in [3.05, 3.63) is 22.7 Å². The summed E-state index contributed by atoms with van der Waals surface area (Å²) in [6.45, 7) is 2.11. The maximum Gasteiger partial charge on any atom is 0.252 e. The second-order valence-electron chi connectivity index (χ2n) is 9.13. The summed E-state index contributed by atoms with van der Waals surface area (Å²) in [5.74, 6) is 1.90. The lowest BCUT2D eigenvalue weighted by molar-refractivity contribution is -0.149. The molecule has 156 valence electrons. The Balaban J connectivity index is 1.38. The minimum atomic E-state index is -0.149. The fourth-order valence-corrected chi connectivity index (χ4v) is 5.78. The number of nitrogens with one attached hydrogen (secondary N) is 2. The molecule has 29 heavy (non-hydrogen) atoms. The molecule has 4 fully saturated rings. The Labute approximate surface area is 170 Å². The van der Waals surface area contributed by atoms with Crippen LogP contribution in [0.25, 0.3) is 0 Å². The van der Waals surface area contributed by atoms with Crippen molar-refractivity contribution < 1.29 is 9.59 Å². The highest BCUT2D eigenvalue weighted by Crippen LogP contribution is 2.42. The third kappa shape index (κ3) is 3.42. The molecule has 1 aromatic rings. The smallest absolute Gasteiger partial charge is 0.252 e. The van der Waals surface area contributed by atoms with Gasteiger partial charge in [-0.1, -0.05) is 6.42 Å². The molecule has 8 nitrogen and oxygen atoms in total. The molecule has 2 N–H and O–H groups in total. The van der Waals surface area contributed by atoms with Gasteiger partial charge in [-0.2, -0.15) is 0 Å². The molecule has 1 aromatic heterocycles. The molecule has 1 aliphatic carbocycles. The van der Waals surface area contributed by atoms with E-state index in [4.69, 9.17) is 0 Å². The van der Waals surface area contributed by atoms with E-state index < -0.39 is 0 Å². The third-order valence-electron chi connectivity index (χ3n) is 7.45. The first kappa shape index (κ1) is 18.6. The number of hydrogen-bond acceptors (Lipinski definition) is 5. The number of nitrogens with zero attached hydrogens (tertiary/aromatic N) is 3. The molecule has 5 rings (SSSR count). The van der Waals surface area contributed by atoms with E-state index in [1.54, 1.807) is 6.07 Å². The zero-order valence-electron chi connectivity index (χ0n) is 16.7. The molecule has 4 atom stereocenters. The molecule has 2 amide bonds. The number of piperidine rings is 3. The van der Waals surface area contributed by atoms with Crippen LogP contribution in [0.5, 0.6) is 0 Å². The van der Waals surface area contributed by atoms with Crippen molar-refractivity contribution >= 4 is 17.6 Å². The Kier molecular flexibility index (Phi) is 4.80. The van der Waals surface area contributed by atoms with Crippen molar-refractivity contribution in [1.29, 1.82) is 0 Å². The van der Waals surface area contributed by atoms with Gasteiger partial charge in [-0.25, -0.2) is 4.98 Å². The van der Waals surface area contributed by atoms with Gasteiger partial charge in [0.1, 0.15) is 5.82 Å². The van der Waals surface area contributed by atoms with Crippen molar-refractivity contribution in [2.45, 2.75) is 57.0 Å². The third-order valence-corrected chi connectivity index (χ3v) is 7.45. The SMILES string of the molecule is O=C(NC[C@H]1[C@H]2C[C@@H](CN(c3cc(=O)[nH]cn3)C2)[C@@H]2CCCC(=O)N21)C1CCC1. The standard InChI is InChI=1S/C21H29N5O3/c27-19-8-18(23-12-24-19)25-10-14-7-15(11-25)17(9-22-21(29)13-3-1-4-13)26-16(14)5-2-6-20(26)28/h8,12-17H,1-7,9-11H2,(H,22,29)(H,23,24,27)/t14-,15-,16-,17-/m0/s1. The largest absolute Gasteiger partial charge is 0.356 e. The molecule has 2 bridgehead atoms. The minimum absolute atomic E-state index is 0.0258. The van der Waals surface area contributed by atoms with Gasteiger partial charge in [-0.3, -0.25) is 14.4 Å². The number of anilines is 1. The summed E-state index contributed by atoms with van der Waals surface area (Å²) in [4.78, 5) is 48.3. The van der Waals surface area contributed by atoms with Crippen LogP contribution in [0.15, 0.2) is 17.2 Å². The molecule has 3 saturated heterocycles. The normalized spacial score (nSPS) is 31.8. The lowest BCUT2D eigenvalue weighted by Crippen LogP contribution is -2.67. The molecule has 4 aliphatic rings. The average molecular weight is 399 g/mol. The van der Waals surface area contributed by atoms with E-state index in [0.717, 1.165) is 51.6 Å². The van der Waals surface area contributed by atoms with E-state index in [1.807, 2.05) is 0 Å². The van der Waals surface area contributed by atoms with E-state index in [0.29, 0.717) is 24.7 Å². The van der Waals surface area contributed by atoms with Gasteiger partial charge in [0, 0.05) is 44.1 Å². The molecule has 0 unspecified atom stereocenters. The molecule has 0 spiro atoms. The number of amides is 2. The Morgan fingerprint density at radius 2 is 2.00 bits per heavy atom. The Morgan fingerprint density at radius 1 is 1.17 bits per heavy atom. The van der Waals surface area contributed by atoms with Crippen LogP contribution in [0.3, 0.4) is 0 Å². The predicted molar refractivity (Wildman–Crippen MR) is 107 cm³/mol. The number of carbonyl (C=O) groups is 2. The van der Waals surface area contributed by atoms with Gasteiger partial charge >= 0.3 is 0 Å². The fourth-order valence-electron chi connectivity index (χ4n) is 5.78. The maximum atomic E-state index is 12.9. The van der Waals surface area contributed by atoms with E-state index in [9.17, 15) is 14.4 Å². The first-order valence-electron chi connectivity index (χ1n) is 11.0. The molecule has 3 aliphatic heterocycles. The molecule has 0 radical (unpaired) electrons. The van der Waals surface area contributed by atoms with Crippen LogP contribution in [-0.4, -0.2) is 58.4 Å². The van der Waals surface area contributed by atoms with Crippen molar-refractivity contribution in [2.75, 3.05) is 24.5 Å². The van der Waals surface area contributed by atoms with Crippen molar-refractivity contribution in [3.8, 4) is 0 Å². The molecule has 0 aromatic carbocycles. The summed E-state index contributed by atoms with van der Waals surface area (Å²) >= 11 is 0. The first-order valence-corrected chi connectivity index (χ1v) is 11.0. The number of aromatic amines is 1. The second kappa shape index (κ2) is 7.46. The van der Waals surface area contributed by atoms with E-state index >= 15 is 0 Å². The van der Waals surface area contributed by atoms with Gasteiger partial charge < -0.3 is 20.1 Å². The molecular weight excluding hydrogens is 370 g/mol. The number of hydrogen-bond donors (Lipinski definition) is 2. The van der Waals surface area contributed by atoms with E-state index in [1.165, 1.54) is 6.33 Å². The summed E-state index contributed by atoms with van der Waals surface area (Å²) in [5.41, 5.74) is -0.149. The van der Waals surface area contributed by atoms with Crippen LogP contribution in [0, 0.1) is 17.8 Å². The summed E-state index contributed by atoms with van der Waals surface area (Å²) in [6.07, 6.45) is 8.19. The Morgan fingerprint density at radius 3 is 2.76 bits per heavy atom. The topological polar surface area (TPSA) is 98.4 Å². The molecule has 1 saturated carbocycles. The molecule has 8 heteroatoms. The number of carbonyl (C=O) groups excluding carboxylic acids is 2. The second-order valence-corrected chi connectivity index (χ2v) is 9.13. The Bertz CT molecular complexity index is 851. The maximum absolute atomic E-state index is 12.9. The average Bonchev–Trinajstić information content (AvgIpc) is 2.67. The number of rotatable bonds is 4. The first-order chi connectivity index (χ1) is 14.1. The van der Waals surface area contributed by atoms with Gasteiger partial charge in [0.15, 0.2) is 0 Å². The van der Waals surface area contributed by atoms with Crippen LogP contribution in [0.2, 0.25) is 0 Å². The number of H-pyrrole nitrogens is 1. The predicted octanol–water partition coefficient (Wildman–Crippen LogP) is 0.892. The summed E-state index contributed by atoms with van der Waals surface area (Å²) in [7, 11) is 0. The van der Waals surface area contributed by atoms with Gasteiger partial charge in [0.25, 0.3) is 5.56 Å². The summed E-state index contributed by atoms with van der Waals surface area (Å²) < 4.78 is 0. The molecule has 4 heterocycles. The monoisotopic (exact) mass is 399 g/mol. The number of fused-ring (bicyclic) bond motifs is 4. The zero-order valence-corrected chi connectivity index (χ0v) is 16.7. The Hall–Kier alpha value is -2.38. The van der Waals surface area contributed by atoms with Crippen LogP contribution in [-0.2, 0) is 9.59 Å². The van der Waals surface area contributed by atoms with Crippen molar-refractivity contribution in [2.24, 2.45) is 17.8 Å². The van der Waals surface area contributed by atoms with Crippen LogP contribution >= 0.6 is 0 Å². The van der Waals surface area contributed by atoms with E-state index in [-0.39, 0.29) is 41.3 Å². The van der Waals surface area contributed by atoms with Gasteiger partial charge in [0.05, 0.1) is 12.4 Å². The van der Waals surface area contributed by atoms with Crippen molar-refractivity contribution in [3.63, 3.8) is 0 Å². The van der Waals surface area contributed by atoms with Gasteiger partial charge in [0.2, 0.25) is 11.8 Å². The quantitative estimate of drug-likeness (QED) is 0.784. The fraction of sp³-hybridized carbons (Fsp3) is 0.714.